The summed E-state index contributed by atoms with van der Waals surface area (Å²) in [5, 5.41) is 23.7. The van der Waals surface area contributed by atoms with Crippen LogP contribution in [0.5, 0.6) is 11.5 Å². The van der Waals surface area contributed by atoms with Crippen LogP contribution in [0.3, 0.4) is 0 Å². The Hall–Kier alpha value is -2.60. The summed E-state index contributed by atoms with van der Waals surface area (Å²) in [7, 11) is 0. The number of benzene rings is 1. The molecule has 0 spiro atoms. The van der Waals surface area contributed by atoms with E-state index in [1.807, 2.05) is 0 Å². The van der Waals surface area contributed by atoms with Gasteiger partial charge < -0.3 is 14.7 Å². The van der Waals surface area contributed by atoms with Crippen molar-refractivity contribution in [3.8, 4) is 34.5 Å². The van der Waals surface area contributed by atoms with Crippen molar-refractivity contribution in [3.63, 3.8) is 0 Å². The van der Waals surface area contributed by atoms with Crippen molar-refractivity contribution in [1.29, 1.82) is 0 Å². The van der Waals surface area contributed by atoms with Gasteiger partial charge in [-0.1, -0.05) is 22.8 Å². The second kappa shape index (κ2) is 4.82. The molecule has 3 aromatic rings. The molecule has 6 nitrogen and oxygen atoms in total. The average molecular weight is 290 g/mol. The van der Waals surface area contributed by atoms with Crippen LogP contribution in [-0.2, 0) is 0 Å². The Labute approximate surface area is 118 Å². The molecule has 20 heavy (non-hydrogen) atoms. The molecule has 0 amide bonds. The van der Waals surface area contributed by atoms with Crippen molar-refractivity contribution in [1.82, 2.24) is 15.1 Å². The lowest BCUT2D eigenvalue weighted by molar-refractivity contribution is 0.416. The lowest BCUT2D eigenvalue weighted by Gasteiger charge is -2.00. The lowest BCUT2D eigenvalue weighted by atomic mass is 10.2. The number of pyridine rings is 1. The molecule has 0 saturated heterocycles. The van der Waals surface area contributed by atoms with Crippen molar-refractivity contribution in [2.75, 3.05) is 0 Å². The number of aromatic nitrogens is 3. The number of nitrogens with zero attached hydrogens (tertiary/aromatic N) is 3. The molecule has 2 heterocycles. The molecular formula is C13H8ClN3O3. The highest BCUT2D eigenvalue weighted by molar-refractivity contribution is 6.30. The minimum absolute atomic E-state index is 0.00681. The van der Waals surface area contributed by atoms with E-state index >= 15 is 0 Å². The quantitative estimate of drug-likeness (QED) is 0.753. The van der Waals surface area contributed by atoms with Gasteiger partial charge in [-0.05, 0) is 24.3 Å². The summed E-state index contributed by atoms with van der Waals surface area (Å²) in [6.45, 7) is 0. The van der Waals surface area contributed by atoms with Gasteiger partial charge >= 0.3 is 0 Å². The van der Waals surface area contributed by atoms with Gasteiger partial charge in [-0.25, -0.2) is 0 Å². The second-order valence-electron chi connectivity index (χ2n) is 3.96. The van der Waals surface area contributed by atoms with Gasteiger partial charge in [0.1, 0.15) is 22.8 Å². The van der Waals surface area contributed by atoms with Gasteiger partial charge in [0.05, 0.1) is 5.02 Å². The monoisotopic (exact) mass is 289 g/mol. The van der Waals surface area contributed by atoms with Crippen LogP contribution in [0, 0.1) is 0 Å². The molecule has 0 aliphatic heterocycles. The fourth-order valence-corrected chi connectivity index (χ4v) is 1.80. The molecular weight excluding hydrogens is 282 g/mol. The maximum absolute atomic E-state index is 9.74. The second-order valence-corrected chi connectivity index (χ2v) is 4.39. The van der Waals surface area contributed by atoms with Gasteiger partial charge in [0.25, 0.3) is 5.89 Å². The lowest BCUT2D eigenvalue weighted by Crippen LogP contribution is -1.85. The molecule has 0 aliphatic carbocycles. The topological polar surface area (TPSA) is 92.3 Å². The Morgan fingerprint density at radius 3 is 2.45 bits per heavy atom. The number of phenolic OH excluding ortho intramolecular Hbond substituents is 2. The standard InChI is InChI=1S/C13H8ClN3O3/c14-7-4-5-8(15-6-7)12-16-13(20-17-12)11-9(18)2-1-3-10(11)19/h1-6,18-19H. The summed E-state index contributed by atoms with van der Waals surface area (Å²) in [6.07, 6.45) is 1.46. The number of hydrogen-bond donors (Lipinski definition) is 2. The molecule has 3 rings (SSSR count). The zero-order chi connectivity index (χ0) is 14.1. The molecule has 0 fully saturated rings. The van der Waals surface area contributed by atoms with Crippen molar-refractivity contribution in [2.24, 2.45) is 0 Å². The first kappa shape index (κ1) is 12.4. The normalized spacial score (nSPS) is 10.7. The summed E-state index contributed by atoms with van der Waals surface area (Å²) in [5.41, 5.74) is 0.555. The third-order valence-corrected chi connectivity index (χ3v) is 2.84. The molecule has 0 saturated carbocycles. The highest BCUT2D eigenvalue weighted by Gasteiger charge is 2.18. The fourth-order valence-electron chi connectivity index (χ4n) is 1.68. The molecule has 0 bridgehead atoms. The largest absolute Gasteiger partial charge is 0.507 e. The van der Waals surface area contributed by atoms with E-state index in [9.17, 15) is 10.2 Å². The first-order chi connectivity index (χ1) is 9.65. The van der Waals surface area contributed by atoms with Gasteiger partial charge in [0.15, 0.2) is 0 Å². The van der Waals surface area contributed by atoms with Crippen molar-refractivity contribution >= 4 is 11.6 Å². The van der Waals surface area contributed by atoms with Crippen LogP contribution < -0.4 is 0 Å². The molecule has 0 atom stereocenters. The summed E-state index contributed by atoms with van der Waals surface area (Å²) in [6, 6.07) is 7.63. The smallest absolute Gasteiger partial charge is 0.265 e. The Kier molecular flexibility index (Phi) is 3.00. The summed E-state index contributed by atoms with van der Waals surface area (Å²) in [4.78, 5) is 8.16. The van der Waals surface area contributed by atoms with E-state index in [2.05, 4.69) is 15.1 Å². The number of aromatic hydroxyl groups is 2. The number of rotatable bonds is 2. The Morgan fingerprint density at radius 1 is 1.05 bits per heavy atom. The van der Waals surface area contributed by atoms with E-state index in [1.165, 1.54) is 24.4 Å². The highest BCUT2D eigenvalue weighted by atomic mass is 35.5. The van der Waals surface area contributed by atoms with Gasteiger partial charge in [-0.15, -0.1) is 0 Å². The number of hydrogen-bond acceptors (Lipinski definition) is 6. The van der Waals surface area contributed by atoms with E-state index in [-0.39, 0.29) is 28.8 Å². The Bertz CT molecular complexity index is 736. The maximum Gasteiger partial charge on any atom is 0.265 e. The van der Waals surface area contributed by atoms with Gasteiger partial charge in [-0.3, -0.25) is 4.98 Å². The number of phenols is 2. The molecule has 2 aromatic heterocycles. The number of halogens is 1. The molecule has 0 aliphatic rings. The summed E-state index contributed by atoms with van der Waals surface area (Å²) in [5.74, 6) is -0.0554. The predicted molar refractivity (Wildman–Crippen MR) is 71.3 cm³/mol. The third kappa shape index (κ3) is 2.17. The summed E-state index contributed by atoms with van der Waals surface area (Å²) >= 11 is 5.75. The predicted octanol–water partition coefficient (Wildman–Crippen LogP) is 2.86. The van der Waals surface area contributed by atoms with Crippen molar-refractivity contribution in [2.45, 2.75) is 0 Å². The Balaban J connectivity index is 2.04. The SMILES string of the molecule is Oc1cccc(O)c1-c1nc(-c2ccc(Cl)cn2)no1. The minimum Gasteiger partial charge on any atom is -0.507 e. The van der Waals surface area contributed by atoms with E-state index < -0.39 is 0 Å². The zero-order valence-electron chi connectivity index (χ0n) is 9.99. The van der Waals surface area contributed by atoms with E-state index in [0.717, 1.165) is 0 Å². The van der Waals surface area contributed by atoms with Crippen LogP contribution in [0.1, 0.15) is 0 Å². The maximum atomic E-state index is 9.74. The van der Waals surface area contributed by atoms with Gasteiger partial charge in [-0.2, -0.15) is 4.98 Å². The average Bonchev–Trinajstić information content (AvgIpc) is 2.89. The fraction of sp³-hybridized carbons (Fsp3) is 0. The highest BCUT2D eigenvalue weighted by Crippen LogP contribution is 2.36. The molecule has 7 heteroatoms. The van der Waals surface area contributed by atoms with Crippen LogP contribution in [-0.4, -0.2) is 25.3 Å². The van der Waals surface area contributed by atoms with E-state index in [0.29, 0.717) is 10.7 Å². The van der Waals surface area contributed by atoms with Crippen LogP contribution in [0.25, 0.3) is 23.0 Å². The van der Waals surface area contributed by atoms with Gasteiger partial charge in [0, 0.05) is 6.20 Å². The van der Waals surface area contributed by atoms with Crippen molar-refractivity contribution < 1.29 is 14.7 Å². The Morgan fingerprint density at radius 2 is 1.80 bits per heavy atom. The molecule has 1 aromatic carbocycles. The first-order valence-corrected chi connectivity index (χ1v) is 6.00. The van der Waals surface area contributed by atoms with Gasteiger partial charge in [0.2, 0.25) is 5.82 Å². The molecule has 2 N–H and O–H groups in total. The minimum atomic E-state index is -0.149. The summed E-state index contributed by atoms with van der Waals surface area (Å²) < 4.78 is 5.04. The third-order valence-electron chi connectivity index (χ3n) is 2.62. The van der Waals surface area contributed by atoms with Crippen LogP contribution in [0.15, 0.2) is 41.1 Å². The van der Waals surface area contributed by atoms with Crippen LogP contribution in [0.4, 0.5) is 0 Å². The van der Waals surface area contributed by atoms with E-state index in [4.69, 9.17) is 16.1 Å². The molecule has 100 valence electrons. The molecule has 0 unspecified atom stereocenters. The van der Waals surface area contributed by atoms with E-state index in [1.54, 1.807) is 12.1 Å². The molecule has 0 radical (unpaired) electrons. The van der Waals surface area contributed by atoms with Crippen LogP contribution in [0.2, 0.25) is 5.02 Å². The van der Waals surface area contributed by atoms with Crippen molar-refractivity contribution in [3.05, 3.63) is 41.6 Å². The zero-order valence-corrected chi connectivity index (χ0v) is 10.7. The van der Waals surface area contributed by atoms with Crippen LogP contribution >= 0.6 is 11.6 Å². The first-order valence-electron chi connectivity index (χ1n) is 5.62.